The molecule has 10 nitrogen and oxygen atoms in total. The standard InChI is InChI=1S/C22H24N4O6S/c1-15(27)16-5-6-18(19(12-16)31-2)32-14-21(28)25-8-10-26(11-9-25)33(29,30)20-13-24-22-17(20)4-3-7-23-22/h3-7,12-13H,8-11,14H2,1-2H3,(H,23,24). The van der Waals surface area contributed by atoms with Gasteiger partial charge >= 0.3 is 0 Å². The summed E-state index contributed by atoms with van der Waals surface area (Å²) < 4.78 is 38.4. The molecule has 1 amide bonds. The number of amides is 1. The second kappa shape index (κ2) is 9.20. The summed E-state index contributed by atoms with van der Waals surface area (Å²) in [5.41, 5.74) is 0.989. The smallest absolute Gasteiger partial charge is 0.260 e. The highest BCUT2D eigenvalue weighted by atomic mass is 32.2. The molecule has 0 spiro atoms. The number of Topliss-reactive ketones (excluding diaryl/α,β-unsaturated/α-hetero) is 1. The first-order chi connectivity index (χ1) is 15.8. The number of rotatable bonds is 7. The molecule has 11 heteroatoms. The van der Waals surface area contributed by atoms with Crippen LogP contribution in [-0.4, -0.2) is 79.2 Å². The minimum Gasteiger partial charge on any atom is -0.493 e. The average molecular weight is 473 g/mol. The van der Waals surface area contributed by atoms with Crippen LogP contribution in [0.15, 0.2) is 47.6 Å². The molecule has 0 saturated carbocycles. The van der Waals surface area contributed by atoms with Gasteiger partial charge in [-0.1, -0.05) is 0 Å². The first kappa shape index (κ1) is 22.7. The van der Waals surface area contributed by atoms with Crippen LogP contribution < -0.4 is 9.47 Å². The minimum absolute atomic E-state index is 0.104. The van der Waals surface area contributed by atoms with E-state index in [1.807, 2.05) is 0 Å². The van der Waals surface area contributed by atoms with Crippen molar-refractivity contribution in [3.05, 3.63) is 48.3 Å². The van der Waals surface area contributed by atoms with Gasteiger partial charge < -0.3 is 19.4 Å². The van der Waals surface area contributed by atoms with Crippen LogP contribution in [0.1, 0.15) is 17.3 Å². The van der Waals surface area contributed by atoms with Crippen LogP contribution >= 0.6 is 0 Å². The van der Waals surface area contributed by atoms with E-state index in [4.69, 9.17) is 9.47 Å². The van der Waals surface area contributed by atoms with Crippen molar-refractivity contribution in [2.45, 2.75) is 11.8 Å². The number of benzene rings is 1. The van der Waals surface area contributed by atoms with Crippen molar-refractivity contribution in [1.29, 1.82) is 0 Å². The quantitative estimate of drug-likeness (QED) is 0.519. The molecule has 3 heterocycles. The summed E-state index contributed by atoms with van der Waals surface area (Å²) in [6.45, 7) is 2.09. The highest BCUT2D eigenvalue weighted by molar-refractivity contribution is 7.89. The Kier molecular flexibility index (Phi) is 6.34. The van der Waals surface area contributed by atoms with Gasteiger partial charge in [0.1, 0.15) is 10.5 Å². The van der Waals surface area contributed by atoms with Gasteiger partial charge in [0, 0.05) is 49.5 Å². The zero-order chi connectivity index (χ0) is 23.6. The van der Waals surface area contributed by atoms with E-state index in [1.54, 1.807) is 41.4 Å². The summed E-state index contributed by atoms with van der Waals surface area (Å²) in [5.74, 6) is 0.346. The molecule has 174 valence electrons. The summed E-state index contributed by atoms with van der Waals surface area (Å²) in [7, 11) is -2.27. The molecule has 33 heavy (non-hydrogen) atoms. The fourth-order valence-electron chi connectivity index (χ4n) is 3.70. The highest BCUT2D eigenvalue weighted by Crippen LogP contribution is 2.29. The lowest BCUT2D eigenvalue weighted by atomic mass is 10.1. The maximum Gasteiger partial charge on any atom is 0.260 e. The molecular formula is C22H24N4O6S. The van der Waals surface area contributed by atoms with E-state index in [2.05, 4.69) is 9.97 Å². The lowest BCUT2D eigenvalue weighted by molar-refractivity contribution is -0.134. The lowest BCUT2D eigenvalue weighted by Gasteiger charge is -2.33. The Morgan fingerprint density at radius 1 is 1.12 bits per heavy atom. The first-order valence-electron chi connectivity index (χ1n) is 10.3. The molecule has 1 fully saturated rings. The van der Waals surface area contributed by atoms with E-state index in [0.717, 1.165) is 0 Å². The molecule has 1 aliphatic heterocycles. The number of fused-ring (bicyclic) bond motifs is 1. The van der Waals surface area contributed by atoms with Crippen molar-refractivity contribution in [2.75, 3.05) is 39.9 Å². The summed E-state index contributed by atoms with van der Waals surface area (Å²) >= 11 is 0. The fraction of sp³-hybridized carbons (Fsp3) is 0.318. The molecule has 0 radical (unpaired) electrons. The molecule has 1 N–H and O–H groups in total. The molecule has 0 atom stereocenters. The third-order valence-electron chi connectivity index (χ3n) is 5.54. The van der Waals surface area contributed by atoms with Gasteiger partial charge in [0.15, 0.2) is 23.9 Å². The number of hydrogen-bond acceptors (Lipinski definition) is 7. The number of sulfonamides is 1. The molecule has 4 rings (SSSR count). The van der Waals surface area contributed by atoms with Crippen molar-refractivity contribution in [1.82, 2.24) is 19.2 Å². The number of carbonyl (C=O) groups excluding carboxylic acids is 2. The Hall–Kier alpha value is -3.44. The molecule has 0 bridgehead atoms. The van der Waals surface area contributed by atoms with E-state index in [0.29, 0.717) is 28.1 Å². The predicted molar refractivity (Wildman–Crippen MR) is 120 cm³/mol. The lowest BCUT2D eigenvalue weighted by Crippen LogP contribution is -2.51. The number of ketones is 1. The number of carbonyl (C=O) groups is 2. The van der Waals surface area contributed by atoms with Gasteiger partial charge in [-0.15, -0.1) is 0 Å². The van der Waals surface area contributed by atoms with Gasteiger partial charge in [0.25, 0.3) is 5.91 Å². The van der Waals surface area contributed by atoms with Gasteiger partial charge in [-0.2, -0.15) is 4.31 Å². The summed E-state index contributed by atoms with van der Waals surface area (Å²) in [6, 6.07) is 8.15. The van der Waals surface area contributed by atoms with Crippen LogP contribution in [0.3, 0.4) is 0 Å². The maximum atomic E-state index is 13.1. The molecule has 1 aromatic carbocycles. The van der Waals surface area contributed by atoms with Crippen LogP contribution in [0.25, 0.3) is 11.0 Å². The fourth-order valence-corrected chi connectivity index (χ4v) is 5.27. The Morgan fingerprint density at radius 3 is 2.58 bits per heavy atom. The van der Waals surface area contributed by atoms with Crippen LogP contribution in [0.5, 0.6) is 11.5 Å². The zero-order valence-corrected chi connectivity index (χ0v) is 19.1. The highest BCUT2D eigenvalue weighted by Gasteiger charge is 2.32. The number of H-pyrrole nitrogens is 1. The number of aromatic nitrogens is 2. The number of nitrogens with one attached hydrogen (secondary N) is 1. The molecule has 0 unspecified atom stereocenters. The third kappa shape index (κ3) is 4.55. The Bertz CT molecular complexity index is 1300. The Labute approximate surface area is 191 Å². The molecule has 1 aliphatic rings. The van der Waals surface area contributed by atoms with Gasteiger partial charge in [0.2, 0.25) is 10.0 Å². The topological polar surface area (TPSA) is 122 Å². The second-order valence-corrected chi connectivity index (χ2v) is 9.45. The average Bonchev–Trinajstić information content (AvgIpc) is 3.27. The number of nitrogens with zero attached hydrogens (tertiary/aromatic N) is 3. The largest absolute Gasteiger partial charge is 0.493 e. The second-order valence-electron chi connectivity index (χ2n) is 7.55. The summed E-state index contributed by atoms with van der Waals surface area (Å²) in [5, 5.41) is 0.536. The van der Waals surface area contributed by atoms with E-state index in [1.165, 1.54) is 24.5 Å². The van der Waals surface area contributed by atoms with Gasteiger partial charge in [-0.3, -0.25) is 9.59 Å². The maximum absolute atomic E-state index is 13.1. The van der Waals surface area contributed by atoms with E-state index in [9.17, 15) is 18.0 Å². The summed E-state index contributed by atoms with van der Waals surface area (Å²) in [4.78, 5) is 32.9. The Balaban J connectivity index is 1.37. The predicted octanol–water partition coefficient (Wildman–Crippen LogP) is 1.69. The minimum atomic E-state index is -3.72. The van der Waals surface area contributed by atoms with E-state index in [-0.39, 0.29) is 49.4 Å². The van der Waals surface area contributed by atoms with E-state index < -0.39 is 10.0 Å². The van der Waals surface area contributed by atoms with Gasteiger partial charge in [-0.05, 0) is 37.3 Å². The first-order valence-corrected chi connectivity index (χ1v) is 11.8. The number of pyridine rings is 1. The molecule has 1 saturated heterocycles. The normalized spacial score (nSPS) is 14.9. The molecule has 0 aliphatic carbocycles. The Morgan fingerprint density at radius 2 is 1.88 bits per heavy atom. The number of aromatic amines is 1. The van der Waals surface area contributed by atoms with Crippen LogP contribution in [0.4, 0.5) is 0 Å². The molecular weight excluding hydrogens is 448 g/mol. The number of ether oxygens (including phenoxy) is 2. The van der Waals surface area contributed by atoms with Gasteiger partial charge in [-0.25, -0.2) is 13.4 Å². The van der Waals surface area contributed by atoms with Crippen LogP contribution in [-0.2, 0) is 14.8 Å². The SMILES string of the molecule is COc1cc(C(C)=O)ccc1OCC(=O)N1CCN(S(=O)(=O)c2c[nH]c3ncccc23)CC1. The monoisotopic (exact) mass is 472 g/mol. The van der Waals surface area contributed by atoms with Crippen LogP contribution in [0.2, 0.25) is 0 Å². The number of piperazine rings is 1. The van der Waals surface area contributed by atoms with Crippen molar-refractivity contribution >= 4 is 32.7 Å². The van der Waals surface area contributed by atoms with E-state index >= 15 is 0 Å². The van der Waals surface area contributed by atoms with Crippen molar-refractivity contribution in [2.24, 2.45) is 0 Å². The molecule has 3 aromatic rings. The molecule has 2 aromatic heterocycles. The van der Waals surface area contributed by atoms with Crippen molar-refractivity contribution in [3.8, 4) is 11.5 Å². The number of methoxy groups -OCH3 is 1. The van der Waals surface area contributed by atoms with Crippen molar-refractivity contribution < 1.29 is 27.5 Å². The zero-order valence-electron chi connectivity index (χ0n) is 18.3. The summed E-state index contributed by atoms with van der Waals surface area (Å²) in [6.07, 6.45) is 3.04. The number of hydrogen-bond donors (Lipinski definition) is 1. The third-order valence-corrected chi connectivity index (χ3v) is 7.48. The van der Waals surface area contributed by atoms with Crippen molar-refractivity contribution in [3.63, 3.8) is 0 Å². The van der Waals surface area contributed by atoms with Crippen LogP contribution in [0, 0.1) is 0 Å². The van der Waals surface area contributed by atoms with Gasteiger partial charge in [0.05, 0.1) is 7.11 Å².